The molecule has 3 nitrogen and oxygen atoms in total. The summed E-state index contributed by atoms with van der Waals surface area (Å²) in [5.74, 6) is -0.347. The van der Waals surface area contributed by atoms with Crippen LogP contribution in [0.1, 0.15) is 53.3 Å². The molecule has 0 aliphatic rings. The third-order valence-corrected chi connectivity index (χ3v) is 5.98. The van der Waals surface area contributed by atoms with Crippen molar-refractivity contribution in [1.29, 1.82) is 0 Å². The largest absolute Gasteiger partial charge is 0.321 e. The molecule has 5 heteroatoms. The zero-order valence-corrected chi connectivity index (χ0v) is 17.9. The molecule has 144 valence electrons. The third-order valence-electron chi connectivity index (χ3n) is 4.44. The molecule has 0 radical (unpaired) electrons. The van der Waals surface area contributed by atoms with Crippen LogP contribution in [-0.2, 0) is 5.41 Å². The molecule has 0 saturated carbocycles. The van der Waals surface area contributed by atoms with Crippen LogP contribution in [0, 0.1) is 0 Å². The number of hydrogen-bond donors (Lipinski definition) is 1. The van der Waals surface area contributed by atoms with Crippen molar-refractivity contribution in [1.82, 2.24) is 0 Å². The summed E-state index contributed by atoms with van der Waals surface area (Å²) in [5, 5.41) is 3.43. The lowest BCUT2D eigenvalue weighted by Gasteiger charge is -2.18. The number of halogens is 1. The number of thiophene rings is 1. The summed E-state index contributed by atoms with van der Waals surface area (Å²) in [4.78, 5) is 26.1. The quantitative estimate of drug-likeness (QED) is 0.478. The second kappa shape index (κ2) is 7.90. The van der Waals surface area contributed by atoms with Crippen LogP contribution in [0.3, 0.4) is 0 Å². The highest BCUT2D eigenvalue weighted by Gasteiger charge is 2.18. The van der Waals surface area contributed by atoms with Gasteiger partial charge in [-0.05, 0) is 46.9 Å². The lowest BCUT2D eigenvalue weighted by Crippen LogP contribution is -2.12. The molecule has 0 atom stereocenters. The lowest BCUT2D eigenvalue weighted by molar-refractivity contribution is 0.102. The predicted octanol–water partition coefficient (Wildman–Crippen LogP) is 6.82. The van der Waals surface area contributed by atoms with E-state index in [0.29, 0.717) is 21.2 Å². The van der Waals surface area contributed by atoms with Crippen molar-refractivity contribution in [2.45, 2.75) is 33.1 Å². The molecule has 1 amide bonds. The van der Waals surface area contributed by atoms with Gasteiger partial charge in [0.1, 0.15) is 0 Å². The van der Waals surface area contributed by atoms with Crippen LogP contribution >= 0.6 is 22.9 Å². The fourth-order valence-corrected chi connectivity index (χ4v) is 3.96. The van der Waals surface area contributed by atoms with Gasteiger partial charge in [0.25, 0.3) is 5.91 Å². The maximum absolute atomic E-state index is 12.5. The molecule has 1 heterocycles. The Morgan fingerprint density at radius 2 is 1.57 bits per heavy atom. The van der Waals surface area contributed by atoms with E-state index < -0.39 is 0 Å². The van der Waals surface area contributed by atoms with Gasteiger partial charge in [-0.15, -0.1) is 11.3 Å². The first-order chi connectivity index (χ1) is 13.1. The van der Waals surface area contributed by atoms with Crippen LogP contribution < -0.4 is 5.32 Å². The fourth-order valence-electron chi connectivity index (χ4n) is 2.82. The number of nitrogens with one attached hydrogen (secondary N) is 1. The van der Waals surface area contributed by atoms with Crippen molar-refractivity contribution in [2.24, 2.45) is 0 Å². The Labute approximate surface area is 174 Å². The fraction of sp³-hybridized carbons (Fsp3) is 0.217. The Kier molecular flexibility index (Phi) is 5.73. The molecule has 0 bridgehead atoms. The van der Waals surface area contributed by atoms with E-state index in [1.807, 2.05) is 6.07 Å². The smallest absolute Gasteiger partial charge is 0.255 e. The van der Waals surface area contributed by atoms with E-state index in [1.54, 1.807) is 24.3 Å². The topological polar surface area (TPSA) is 46.2 Å². The van der Waals surface area contributed by atoms with Crippen LogP contribution in [0.4, 0.5) is 5.69 Å². The predicted molar refractivity (Wildman–Crippen MR) is 118 cm³/mol. The molecular weight excluding hydrogens is 390 g/mol. The second-order valence-corrected chi connectivity index (χ2v) is 9.19. The summed E-state index contributed by atoms with van der Waals surface area (Å²) in [5.41, 5.74) is 3.37. The van der Waals surface area contributed by atoms with Gasteiger partial charge in [-0.2, -0.15) is 0 Å². The molecule has 1 aromatic heterocycles. The van der Waals surface area contributed by atoms with Crippen molar-refractivity contribution in [3.63, 3.8) is 0 Å². The number of anilines is 1. The zero-order chi connectivity index (χ0) is 20.5. The summed E-state index contributed by atoms with van der Waals surface area (Å²) in [7, 11) is 0. The van der Waals surface area contributed by atoms with E-state index in [-0.39, 0.29) is 17.1 Å². The SMILES string of the molecule is CC(=O)c1sc(-c2ccc(C(C)(C)C)cc2)cc1NC(=O)c1ccc(Cl)cc1. The van der Waals surface area contributed by atoms with Gasteiger partial charge in [0, 0.05) is 22.4 Å². The number of hydrogen-bond acceptors (Lipinski definition) is 3. The molecule has 0 spiro atoms. The number of rotatable bonds is 4. The average molecular weight is 412 g/mol. The Morgan fingerprint density at radius 1 is 0.964 bits per heavy atom. The molecule has 0 saturated heterocycles. The number of Topliss-reactive ketones (excluding diaryl/α,β-unsaturated/α-hetero) is 1. The van der Waals surface area contributed by atoms with E-state index >= 15 is 0 Å². The minimum Gasteiger partial charge on any atom is -0.321 e. The molecule has 3 aromatic rings. The Balaban J connectivity index is 1.90. The van der Waals surface area contributed by atoms with Crippen LogP contribution in [0.15, 0.2) is 54.6 Å². The van der Waals surface area contributed by atoms with E-state index in [2.05, 4.69) is 50.4 Å². The van der Waals surface area contributed by atoms with Gasteiger partial charge < -0.3 is 5.32 Å². The van der Waals surface area contributed by atoms with Crippen molar-refractivity contribution >= 4 is 40.3 Å². The summed E-state index contributed by atoms with van der Waals surface area (Å²) < 4.78 is 0. The molecule has 2 aromatic carbocycles. The molecule has 1 N–H and O–H groups in total. The zero-order valence-electron chi connectivity index (χ0n) is 16.3. The first-order valence-corrected chi connectivity index (χ1v) is 10.2. The molecule has 0 aliphatic carbocycles. The van der Waals surface area contributed by atoms with Gasteiger partial charge >= 0.3 is 0 Å². The average Bonchev–Trinajstić information content (AvgIpc) is 3.05. The van der Waals surface area contributed by atoms with E-state index in [1.165, 1.54) is 23.8 Å². The normalized spacial score (nSPS) is 11.3. The summed E-state index contributed by atoms with van der Waals surface area (Å²) in [6.45, 7) is 8.03. The number of carbonyl (C=O) groups excluding carboxylic acids is 2. The Bertz CT molecular complexity index is 1010. The highest BCUT2D eigenvalue weighted by Crippen LogP contribution is 2.36. The summed E-state index contributed by atoms with van der Waals surface area (Å²) >= 11 is 7.27. The maximum Gasteiger partial charge on any atom is 0.255 e. The molecule has 0 aliphatic heterocycles. The molecule has 0 fully saturated rings. The first-order valence-electron chi connectivity index (χ1n) is 8.98. The van der Waals surface area contributed by atoms with Crippen molar-refractivity contribution in [3.05, 3.63) is 75.6 Å². The van der Waals surface area contributed by atoms with Crippen molar-refractivity contribution < 1.29 is 9.59 Å². The van der Waals surface area contributed by atoms with Crippen molar-refractivity contribution in [2.75, 3.05) is 5.32 Å². The lowest BCUT2D eigenvalue weighted by atomic mass is 9.86. The van der Waals surface area contributed by atoms with E-state index in [0.717, 1.165) is 10.4 Å². The minimum absolute atomic E-state index is 0.0750. The van der Waals surface area contributed by atoms with Gasteiger partial charge in [-0.3, -0.25) is 9.59 Å². The monoisotopic (exact) mass is 411 g/mol. The summed E-state index contributed by atoms with van der Waals surface area (Å²) in [6.07, 6.45) is 0. The van der Waals surface area contributed by atoms with Gasteiger partial charge in [0.15, 0.2) is 5.78 Å². The van der Waals surface area contributed by atoms with Gasteiger partial charge in [0.05, 0.1) is 10.6 Å². The van der Waals surface area contributed by atoms with Gasteiger partial charge in [0.2, 0.25) is 0 Å². The van der Waals surface area contributed by atoms with Crippen molar-refractivity contribution in [3.8, 4) is 10.4 Å². The molecule has 28 heavy (non-hydrogen) atoms. The number of ketones is 1. The maximum atomic E-state index is 12.5. The van der Waals surface area contributed by atoms with E-state index in [9.17, 15) is 9.59 Å². The number of carbonyl (C=O) groups is 2. The van der Waals surface area contributed by atoms with E-state index in [4.69, 9.17) is 11.6 Å². The Hall–Kier alpha value is -2.43. The highest BCUT2D eigenvalue weighted by molar-refractivity contribution is 7.18. The number of amides is 1. The van der Waals surface area contributed by atoms with Crippen LogP contribution in [-0.4, -0.2) is 11.7 Å². The van der Waals surface area contributed by atoms with Crippen LogP contribution in [0.5, 0.6) is 0 Å². The minimum atomic E-state index is -0.272. The molecular formula is C23H22ClNO2S. The third kappa shape index (κ3) is 4.51. The summed E-state index contributed by atoms with van der Waals surface area (Å²) in [6, 6.07) is 16.8. The molecule has 0 unspecified atom stereocenters. The van der Waals surface area contributed by atoms with Crippen LogP contribution in [0.2, 0.25) is 5.02 Å². The van der Waals surface area contributed by atoms with Gasteiger partial charge in [-0.1, -0.05) is 56.6 Å². The second-order valence-electron chi connectivity index (χ2n) is 7.70. The first kappa shape index (κ1) is 20.3. The standard InChI is InChI=1S/C23H22ClNO2S/c1-14(26)21-19(25-22(27)16-7-11-18(24)12-8-16)13-20(28-21)15-5-9-17(10-6-15)23(2,3)4/h5-13H,1-4H3,(H,25,27). The van der Waals surface area contributed by atoms with Crippen LogP contribution in [0.25, 0.3) is 10.4 Å². The van der Waals surface area contributed by atoms with Gasteiger partial charge in [-0.25, -0.2) is 0 Å². The Morgan fingerprint density at radius 3 is 2.11 bits per heavy atom. The highest BCUT2D eigenvalue weighted by atomic mass is 35.5. The molecule has 3 rings (SSSR count). The number of benzene rings is 2.